The van der Waals surface area contributed by atoms with Gasteiger partial charge in [-0.25, -0.2) is 4.39 Å². The number of benzene rings is 1. The van der Waals surface area contributed by atoms with E-state index in [9.17, 15) is 9.18 Å². The molecule has 0 aromatic heterocycles. The minimum absolute atomic E-state index is 0.129. The third kappa shape index (κ3) is 1.93. The number of halogens is 1. The number of aliphatic hydroxyl groups excluding tert-OH is 1. The maximum Gasteiger partial charge on any atom is 0.230 e. The molecule has 1 N–H and O–H groups in total. The highest BCUT2D eigenvalue weighted by atomic mass is 19.1. The van der Waals surface area contributed by atoms with Crippen LogP contribution < -0.4 is 0 Å². The summed E-state index contributed by atoms with van der Waals surface area (Å²) in [5.74, 6) is -0.978. The average molecular weight is 223 g/mol. The molecule has 1 heterocycles. The number of hydrogen-bond acceptors (Lipinski definition) is 2. The standard InChI is InChI=1S/C12H14FNO2/c1-8(10-4-2-3-5-11(10)13)12(16)14-6-9(15)7-14/h2-5,8-9,15H,6-7H2,1H3/t8-/m0/s1. The number of carbonyl (C=O) groups is 1. The molecule has 1 fully saturated rings. The zero-order valence-electron chi connectivity index (χ0n) is 9.06. The van der Waals surface area contributed by atoms with Crippen LogP contribution in [0.25, 0.3) is 0 Å². The lowest BCUT2D eigenvalue weighted by molar-refractivity contribution is -0.142. The first-order chi connectivity index (χ1) is 7.59. The third-order valence-corrected chi connectivity index (χ3v) is 2.92. The van der Waals surface area contributed by atoms with Gasteiger partial charge in [0.2, 0.25) is 5.91 Å². The van der Waals surface area contributed by atoms with E-state index < -0.39 is 12.0 Å². The maximum atomic E-state index is 13.4. The van der Waals surface area contributed by atoms with Crippen molar-refractivity contribution in [1.82, 2.24) is 4.90 Å². The van der Waals surface area contributed by atoms with Crippen LogP contribution in [0, 0.1) is 5.82 Å². The summed E-state index contributed by atoms with van der Waals surface area (Å²) in [5, 5.41) is 9.11. The van der Waals surface area contributed by atoms with Crippen molar-refractivity contribution in [3.05, 3.63) is 35.6 Å². The van der Waals surface area contributed by atoms with Gasteiger partial charge < -0.3 is 10.0 Å². The SMILES string of the molecule is C[C@H](C(=O)N1CC(O)C1)c1ccccc1F. The van der Waals surface area contributed by atoms with E-state index in [1.54, 1.807) is 30.0 Å². The highest BCUT2D eigenvalue weighted by Gasteiger charge is 2.32. The number of rotatable bonds is 2. The molecular formula is C12H14FNO2. The smallest absolute Gasteiger partial charge is 0.230 e. The Kier molecular flexibility index (Phi) is 2.92. The third-order valence-electron chi connectivity index (χ3n) is 2.92. The van der Waals surface area contributed by atoms with Gasteiger partial charge in [0.15, 0.2) is 0 Å². The Bertz CT molecular complexity index is 402. The van der Waals surface area contributed by atoms with Gasteiger partial charge in [-0.05, 0) is 18.6 Å². The van der Waals surface area contributed by atoms with Crippen LogP contribution in [0.4, 0.5) is 4.39 Å². The van der Waals surface area contributed by atoms with Gasteiger partial charge in [-0.3, -0.25) is 4.79 Å². The van der Waals surface area contributed by atoms with Gasteiger partial charge in [0, 0.05) is 13.1 Å². The Hall–Kier alpha value is -1.42. The molecule has 16 heavy (non-hydrogen) atoms. The summed E-state index contributed by atoms with van der Waals surface area (Å²) in [6, 6.07) is 6.29. The number of β-amino-alcohol motifs (C(OH)–C–C–N with tert-alkyl or cyclic N) is 1. The first-order valence-corrected chi connectivity index (χ1v) is 5.31. The monoisotopic (exact) mass is 223 g/mol. The van der Waals surface area contributed by atoms with Crippen molar-refractivity contribution in [1.29, 1.82) is 0 Å². The first-order valence-electron chi connectivity index (χ1n) is 5.31. The molecule has 0 bridgehead atoms. The second kappa shape index (κ2) is 4.22. The quantitative estimate of drug-likeness (QED) is 0.816. The predicted octanol–water partition coefficient (Wildman–Crippen LogP) is 1.13. The number of amides is 1. The average Bonchev–Trinajstić information content (AvgIpc) is 2.24. The number of aliphatic hydroxyl groups is 1. The number of hydrogen-bond donors (Lipinski definition) is 1. The molecule has 0 aliphatic carbocycles. The Balaban J connectivity index is 2.10. The molecule has 0 saturated carbocycles. The molecule has 1 amide bonds. The number of nitrogens with zero attached hydrogens (tertiary/aromatic N) is 1. The molecule has 1 atom stereocenters. The minimum Gasteiger partial charge on any atom is -0.389 e. The van der Waals surface area contributed by atoms with E-state index in [0.717, 1.165) is 0 Å². The van der Waals surface area contributed by atoms with Gasteiger partial charge in [-0.1, -0.05) is 18.2 Å². The molecular weight excluding hydrogens is 209 g/mol. The Morgan fingerprint density at radius 1 is 1.50 bits per heavy atom. The summed E-state index contributed by atoms with van der Waals surface area (Å²) >= 11 is 0. The van der Waals surface area contributed by atoms with Gasteiger partial charge in [0.25, 0.3) is 0 Å². The zero-order valence-corrected chi connectivity index (χ0v) is 9.06. The number of carbonyl (C=O) groups excluding carboxylic acids is 1. The Morgan fingerprint density at radius 2 is 2.12 bits per heavy atom. The largest absolute Gasteiger partial charge is 0.389 e. The van der Waals surface area contributed by atoms with Gasteiger partial charge in [-0.15, -0.1) is 0 Å². The van der Waals surface area contributed by atoms with Crippen LogP contribution in [0.5, 0.6) is 0 Å². The van der Waals surface area contributed by atoms with E-state index >= 15 is 0 Å². The fourth-order valence-corrected chi connectivity index (χ4v) is 1.87. The molecule has 0 radical (unpaired) electrons. The lowest BCUT2D eigenvalue weighted by Crippen LogP contribution is -2.54. The minimum atomic E-state index is -0.492. The number of likely N-dealkylation sites (tertiary alicyclic amines) is 1. The molecule has 1 aliphatic rings. The topological polar surface area (TPSA) is 40.5 Å². The van der Waals surface area contributed by atoms with E-state index in [0.29, 0.717) is 18.7 Å². The van der Waals surface area contributed by atoms with E-state index in [1.807, 2.05) is 0 Å². The van der Waals surface area contributed by atoms with Gasteiger partial charge in [0.05, 0.1) is 12.0 Å². The summed E-state index contributed by atoms with van der Waals surface area (Å²) in [7, 11) is 0. The second-order valence-corrected chi connectivity index (χ2v) is 4.14. The van der Waals surface area contributed by atoms with Crippen molar-refractivity contribution in [3.8, 4) is 0 Å². The van der Waals surface area contributed by atoms with Crippen LogP contribution in [0.15, 0.2) is 24.3 Å². The van der Waals surface area contributed by atoms with Crippen LogP contribution in [-0.2, 0) is 4.79 Å². The highest BCUT2D eigenvalue weighted by Crippen LogP contribution is 2.23. The van der Waals surface area contributed by atoms with E-state index in [-0.39, 0.29) is 11.7 Å². The fourth-order valence-electron chi connectivity index (χ4n) is 1.87. The van der Waals surface area contributed by atoms with Gasteiger partial charge in [-0.2, -0.15) is 0 Å². The molecule has 4 heteroatoms. The molecule has 1 aromatic rings. The van der Waals surface area contributed by atoms with Crippen molar-refractivity contribution in [3.63, 3.8) is 0 Å². The Morgan fingerprint density at radius 3 is 2.69 bits per heavy atom. The molecule has 0 spiro atoms. The van der Waals surface area contributed by atoms with Crippen molar-refractivity contribution in [2.24, 2.45) is 0 Å². The molecule has 1 aliphatic heterocycles. The second-order valence-electron chi connectivity index (χ2n) is 4.14. The lowest BCUT2D eigenvalue weighted by atomic mass is 9.97. The van der Waals surface area contributed by atoms with Crippen LogP contribution in [-0.4, -0.2) is 35.1 Å². The van der Waals surface area contributed by atoms with E-state index in [1.165, 1.54) is 6.07 Å². The van der Waals surface area contributed by atoms with Crippen molar-refractivity contribution < 1.29 is 14.3 Å². The molecule has 1 saturated heterocycles. The normalized spacial score (nSPS) is 18.1. The van der Waals surface area contributed by atoms with Crippen LogP contribution >= 0.6 is 0 Å². The summed E-state index contributed by atoms with van der Waals surface area (Å²) in [6.45, 7) is 2.40. The summed E-state index contributed by atoms with van der Waals surface area (Å²) in [5.41, 5.74) is 0.411. The molecule has 86 valence electrons. The lowest BCUT2D eigenvalue weighted by Gasteiger charge is -2.37. The fraction of sp³-hybridized carbons (Fsp3) is 0.417. The predicted molar refractivity (Wildman–Crippen MR) is 57.4 cm³/mol. The highest BCUT2D eigenvalue weighted by molar-refractivity contribution is 5.84. The van der Waals surface area contributed by atoms with Crippen molar-refractivity contribution in [2.75, 3.05) is 13.1 Å². The first kappa shape index (κ1) is 11.1. The Labute approximate surface area is 93.5 Å². The summed E-state index contributed by atoms with van der Waals surface area (Å²) in [6.07, 6.45) is -0.420. The van der Waals surface area contributed by atoms with Crippen molar-refractivity contribution in [2.45, 2.75) is 18.9 Å². The van der Waals surface area contributed by atoms with E-state index in [2.05, 4.69) is 0 Å². The molecule has 1 aromatic carbocycles. The molecule has 0 unspecified atom stereocenters. The van der Waals surface area contributed by atoms with Gasteiger partial charge >= 0.3 is 0 Å². The summed E-state index contributed by atoms with van der Waals surface area (Å²) in [4.78, 5) is 13.4. The molecule has 2 rings (SSSR count). The van der Waals surface area contributed by atoms with Gasteiger partial charge in [0.1, 0.15) is 5.82 Å². The van der Waals surface area contributed by atoms with Crippen LogP contribution in [0.2, 0.25) is 0 Å². The van der Waals surface area contributed by atoms with Crippen LogP contribution in [0.1, 0.15) is 18.4 Å². The molecule has 3 nitrogen and oxygen atoms in total. The van der Waals surface area contributed by atoms with Crippen molar-refractivity contribution >= 4 is 5.91 Å². The maximum absolute atomic E-state index is 13.4. The summed E-state index contributed by atoms with van der Waals surface area (Å²) < 4.78 is 13.4. The van der Waals surface area contributed by atoms with E-state index in [4.69, 9.17) is 5.11 Å². The van der Waals surface area contributed by atoms with Crippen LogP contribution in [0.3, 0.4) is 0 Å². The zero-order chi connectivity index (χ0) is 11.7.